The lowest BCUT2D eigenvalue weighted by molar-refractivity contribution is -0.143. The maximum absolute atomic E-state index is 12.0. The Morgan fingerprint density at radius 2 is 1.84 bits per heavy atom. The van der Waals surface area contributed by atoms with E-state index in [-0.39, 0.29) is 29.4 Å². The molecule has 0 aromatic carbocycles. The lowest BCUT2D eigenvalue weighted by Gasteiger charge is -2.33. The van der Waals surface area contributed by atoms with E-state index in [0.717, 1.165) is 19.4 Å². The summed E-state index contributed by atoms with van der Waals surface area (Å²) in [6.45, 7) is 7.12. The second kappa shape index (κ2) is 5.02. The van der Waals surface area contributed by atoms with E-state index in [2.05, 4.69) is 26.1 Å². The summed E-state index contributed by atoms with van der Waals surface area (Å²) >= 11 is 0. The Balaban J connectivity index is 1.94. The van der Waals surface area contributed by atoms with E-state index >= 15 is 0 Å². The van der Waals surface area contributed by atoms with Gasteiger partial charge in [0.2, 0.25) is 0 Å². The largest absolute Gasteiger partial charge is 0.481 e. The van der Waals surface area contributed by atoms with Crippen molar-refractivity contribution in [3.63, 3.8) is 0 Å². The van der Waals surface area contributed by atoms with Gasteiger partial charge in [-0.15, -0.1) is 0 Å². The third-order valence-electron chi connectivity index (χ3n) is 4.47. The first-order chi connectivity index (χ1) is 8.79. The fourth-order valence-electron chi connectivity index (χ4n) is 3.00. The van der Waals surface area contributed by atoms with Gasteiger partial charge in [-0.1, -0.05) is 20.8 Å². The Morgan fingerprint density at radius 3 is 2.26 bits per heavy atom. The molecular weight excluding hydrogens is 244 g/mol. The van der Waals surface area contributed by atoms with Crippen LogP contribution in [-0.4, -0.2) is 40.6 Å². The van der Waals surface area contributed by atoms with Gasteiger partial charge in [-0.2, -0.15) is 0 Å². The number of carboxylic acid groups (broad SMARTS) is 1. The molecule has 0 radical (unpaired) electrons. The minimum Gasteiger partial charge on any atom is -0.481 e. The van der Waals surface area contributed by atoms with Gasteiger partial charge in [0.15, 0.2) is 0 Å². The summed E-state index contributed by atoms with van der Waals surface area (Å²) < 4.78 is 0. The van der Waals surface area contributed by atoms with Gasteiger partial charge in [-0.25, -0.2) is 4.79 Å². The van der Waals surface area contributed by atoms with Gasteiger partial charge in [-0.3, -0.25) is 4.79 Å². The standard InChI is InChI=1S/C14H24N2O3/c1-14(2,3)11-8-16(13(19)15-11)10-6-4-9(5-7-10)12(17)18/h9-11H,4-8H2,1-3H3,(H,15,19)(H,17,18). The van der Waals surface area contributed by atoms with Crippen LogP contribution in [0, 0.1) is 11.3 Å². The van der Waals surface area contributed by atoms with Crippen molar-refractivity contribution in [1.82, 2.24) is 10.2 Å². The average Bonchev–Trinajstić information content (AvgIpc) is 2.71. The smallest absolute Gasteiger partial charge is 0.318 e. The fraction of sp³-hybridized carbons (Fsp3) is 0.857. The van der Waals surface area contributed by atoms with E-state index in [1.807, 2.05) is 4.90 Å². The molecule has 0 aromatic rings. The van der Waals surface area contributed by atoms with E-state index in [1.165, 1.54) is 0 Å². The highest BCUT2D eigenvalue weighted by atomic mass is 16.4. The minimum atomic E-state index is -0.697. The highest BCUT2D eigenvalue weighted by molar-refractivity contribution is 5.77. The van der Waals surface area contributed by atoms with Gasteiger partial charge in [-0.05, 0) is 31.1 Å². The molecule has 0 bridgehead atoms. The zero-order valence-corrected chi connectivity index (χ0v) is 12.0. The van der Waals surface area contributed by atoms with Crippen molar-refractivity contribution < 1.29 is 14.7 Å². The number of urea groups is 1. The van der Waals surface area contributed by atoms with Gasteiger partial charge >= 0.3 is 12.0 Å². The lowest BCUT2D eigenvalue weighted by atomic mass is 9.84. The molecule has 5 heteroatoms. The Hall–Kier alpha value is -1.26. The predicted molar refractivity (Wildman–Crippen MR) is 71.9 cm³/mol. The van der Waals surface area contributed by atoms with Crippen molar-refractivity contribution in [2.75, 3.05) is 6.54 Å². The second-order valence-electron chi connectivity index (χ2n) is 6.86. The molecule has 2 amide bonds. The number of carbonyl (C=O) groups is 2. The van der Waals surface area contributed by atoms with Crippen molar-refractivity contribution in [2.45, 2.75) is 58.5 Å². The Labute approximate surface area is 114 Å². The van der Waals surface area contributed by atoms with Crippen molar-refractivity contribution >= 4 is 12.0 Å². The van der Waals surface area contributed by atoms with Crippen LogP contribution in [0.5, 0.6) is 0 Å². The van der Waals surface area contributed by atoms with Crippen molar-refractivity contribution in [2.24, 2.45) is 11.3 Å². The zero-order valence-electron chi connectivity index (χ0n) is 12.0. The summed E-state index contributed by atoms with van der Waals surface area (Å²) in [5, 5.41) is 12.0. The first-order valence-corrected chi connectivity index (χ1v) is 7.09. The van der Waals surface area contributed by atoms with E-state index < -0.39 is 5.97 Å². The minimum absolute atomic E-state index is 0.0127. The maximum Gasteiger partial charge on any atom is 0.318 e. The maximum atomic E-state index is 12.0. The fourth-order valence-corrected chi connectivity index (χ4v) is 3.00. The molecular formula is C14H24N2O3. The summed E-state index contributed by atoms with van der Waals surface area (Å²) in [6, 6.07) is 0.402. The molecule has 1 aliphatic carbocycles. The number of hydrogen-bond donors (Lipinski definition) is 2. The Morgan fingerprint density at radius 1 is 1.26 bits per heavy atom. The van der Waals surface area contributed by atoms with Crippen LogP contribution in [0.2, 0.25) is 0 Å². The van der Waals surface area contributed by atoms with Crippen LogP contribution in [0.4, 0.5) is 4.79 Å². The summed E-state index contributed by atoms with van der Waals surface area (Å²) in [7, 11) is 0. The van der Waals surface area contributed by atoms with Crippen LogP contribution in [0.25, 0.3) is 0 Å². The summed E-state index contributed by atoms with van der Waals surface area (Å²) in [4.78, 5) is 24.9. The van der Waals surface area contributed by atoms with Gasteiger partial charge in [0, 0.05) is 12.6 Å². The molecule has 1 saturated heterocycles. The van der Waals surface area contributed by atoms with Crippen molar-refractivity contribution in [3.05, 3.63) is 0 Å². The molecule has 19 heavy (non-hydrogen) atoms. The molecule has 1 unspecified atom stereocenters. The van der Waals surface area contributed by atoms with Gasteiger partial charge in [0.1, 0.15) is 0 Å². The van der Waals surface area contributed by atoms with Crippen LogP contribution < -0.4 is 5.32 Å². The average molecular weight is 268 g/mol. The highest BCUT2D eigenvalue weighted by Gasteiger charge is 2.40. The Kier molecular flexibility index (Phi) is 3.74. The van der Waals surface area contributed by atoms with Crippen LogP contribution in [0.15, 0.2) is 0 Å². The van der Waals surface area contributed by atoms with Gasteiger partial charge in [0.05, 0.1) is 12.0 Å². The van der Waals surface area contributed by atoms with E-state index in [1.54, 1.807) is 0 Å². The van der Waals surface area contributed by atoms with Gasteiger partial charge < -0.3 is 15.3 Å². The molecule has 2 aliphatic rings. The summed E-state index contributed by atoms with van der Waals surface area (Å²) in [5.74, 6) is -0.919. The van der Waals surface area contributed by atoms with E-state index in [4.69, 9.17) is 5.11 Å². The third-order valence-corrected chi connectivity index (χ3v) is 4.47. The van der Waals surface area contributed by atoms with Crippen molar-refractivity contribution in [1.29, 1.82) is 0 Å². The summed E-state index contributed by atoms with van der Waals surface area (Å²) in [5.41, 5.74) is 0.0582. The first kappa shape index (κ1) is 14.2. The number of rotatable bonds is 2. The molecule has 1 heterocycles. The first-order valence-electron chi connectivity index (χ1n) is 7.09. The number of aliphatic carboxylic acids is 1. The molecule has 2 fully saturated rings. The molecule has 2 rings (SSSR count). The molecule has 1 aliphatic heterocycles. The SMILES string of the molecule is CC(C)(C)C1CN(C2CCC(C(=O)O)CC2)C(=O)N1. The Bertz CT molecular complexity index is 367. The number of carboxylic acids is 1. The predicted octanol–water partition coefficient (Wildman–Crippen LogP) is 2.07. The molecule has 5 nitrogen and oxygen atoms in total. The van der Waals surface area contributed by atoms with E-state index in [9.17, 15) is 9.59 Å². The van der Waals surface area contributed by atoms with E-state index in [0.29, 0.717) is 12.8 Å². The number of carbonyl (C=O) groups excluding carboxylic acids is 1. The molecule has 1 atom stereocenters. The van der Waals surface area contributed by atoms with Crippen LogP contribution >= 0.6 is 0 Å². The van der Waals surface area contributed by atoms with Crippen LogP contribution in [0.3, 0.4) is 0 Å². The quantitative estimate of drug-likeness (QED) is 0.805. The zero-order chi connectivity index (χ0) is 14.2. The van der Waals surface area contributed by atoms with Gasteiger partial charge in [0.25, 0.3) is 0 Å². The number of nitrogens with zero attached hydrogens (tertiary/aromatic N) is 1. The number of hydrogen-bond acceptors (Lipinski definition) is 2. The number of nitrogens with one attached hydrogen (secondary N) is 1. The van der Waals surface area contributed by atoms with Crippen LogP contribution in [-0.2, 0) is 4.79 Å². The normalized spacial score (nSPS) is 32.3. The molecule has 108 valence electrons. The molecule has 1 saturated carbocycles. The summed E-state index contributed by atoms with van der Waals surface area (Å²) in [6.07, 6.45) is 2.98. The van der Waals surface area contributed by atoms with Crippen LogP contribution in [0.1, 0.15) is 46.5 Å². The molecule has 2 N–H and O–H groups in total. The highest BCUT2D eigenvalue weighted by Crippen LogP contribution is 2.31. The number of amides is 2. The topological polar surface area (TPSA) is 69.6 Å². The van der Waals surface area contributed by atoms with Crippen molar-refractivity contribution in [3.8, 4) is 0 Å². The second-order valence-corrected chi connectivity index (χ2v) is 6.86. The lowest BCUT2D eigenvalue weighted by Crippen LogP contribution is -2.41. The third kappa shape index (κ3) is 3.01. The molecule has 0 spiro atoms. The molecule has 0 aromatic heterocycles. The monoisotopic (exact) mass is 268 g/mol.